The first-order chi connectivity index (χ1) is 16.9. The number of alkyl halides is 3. The van der Waals surface area contributed by atoms with Crippen LogP contribution < -0.4 is 10.5 Å². The monoisotopic (exact) mass is 516 g/mol. The number of ether oxygens (including phenoxy) is 1. The number of halogens is 3. The number of rotatable bonds is 8. The molecule has 1 aromatic heterocycles. The Hall–Kier alpha value is -3.59. The van der Waals surface area contributed by atoms with Gasteiger partial charge in [-0.15, -0.1) is 11.3 Å². The summed E-state index contributed by atoms with van der Waals surface area (Å²) in [5.41, 5.74) is 6.44. The zero-order valence-corrected chi connectivity index (χ0v) is 21.1. The van der Waals surface area contributed by atoms with Crippen molar-refractivity contribution in [3.63, 3.8) is 0 Å². The van der Waals surface area contributed by atoms with E-state index in [9.17, 15) is 23.1 Å². The largest absolute Gasteiger partial charge is 0.494 e. The highest BCUT2D eigenvalue weighted by Crippen LogP contribution is 2.34. The maximum atomic E-state index is 13.3. The molecule has 3 rings (SSSR count). The van der Waals surface area contributed by atoms with Crippen molar-refractivity contribution in [2.75, 3.05) is 7.11 Å². The van der Waals surface area contributed by atoms with Gasteiger partial charge in [-0.25, -0.2) is 4.99 Å². The van der Waals surface area contributed by atoms with E-state index in [1.807, 2.05) is 19.1 Å². The highest BCUT2D eigenvalue weighted by molar-refractivity contribution is 7.12. The zero-order chi connectivity index (χ0) is 26.7. The number of methoxy groups -OCH3 is 1. The Morgan fingerprint density at radius 3 is 2.44 bits per heavy atom. The van der Waals surface area contributed by atoms with Crippen LogP contribution in [-0.2, 0) is 16.6 Å². The molecule has 0 aliphatic heterocycles. The first kappa shape index (κ1) is 27.0. The molecule has 36 heavy (non-hydrogen) atoms. The third-order valence-corrected chi connectivity index (χ3v) is 6.74. The second kappa shape index (κ2) is 10.6. The van der Waals surface area contributed by atoms with Gasteiger partial charge < -0.3 is 15.6 Å². The summed E-state index contributed by atoms with van der Waals surface area (Å²) in [5, 5.41) is 11.5. The van der Waals surface area contributed by atoms with Crippen LogP contribution in [0.25, 0.3) is 11.1 Å². The van der Waals surface area contributed by atoms with Gasteiger partial charge in [0.15, 0.2) is 0 Å². The molecule has 3 aromatic rings. The van der Waals surface area contributed by atoms with Crippen LogP contribution in [-0.4, -0.2) is 30.1 Å². The van der Waals surface area contributed by atoms with Gasteiger partial charge in [0, 0.05) is 0 Å². The van der Waals surface area contributed by atoms with Crippen molar-refractivity contribution in [2.45, 2.75) is 38.8 Å². The lowest BCUT2D eigenvalue weighted by molar-refractivity contribution is -0.142. The van der Waals surface area contributed by atoms with Gasteiger partial charge >= 0.3 is 12.1 Å². The van der Waals surface area contributed by atoms with Crippen molar-refractivity contribution >= 4 is 28.7 Å². The molecule has 0 aliphatic rings. The highest BCUT2D eigenvalue weighted by atomic mass is 32.1. The van der Waals surface area contributed by atoms with Crippen LogP contribution in [0, 0.1) is 0 Å². The number of benzene rings is 2. The molecule has 0 saturated carbocycles. The molecule has 0 bridgehead atoms. The lowest BCUT2D eigenvalue weighted by Crippen LogP contribution is -2.28. The van der Waals surface area contributed by atoms with Crippen molar-refractivity contribution in [1.29, 1.82) is 0 Å². The average Bonchev–Trinajstić information content (AvgIpc) is 3.33. The van der Waals surface area contributed by atoms with Crippen LogP contribution in [0.3, 0.4) is 0 Å². The molecule has 0 unspecified atom stereocenters. The Kier molecular flexibility index (Phi) is 7.93. The maximum absolute atomic E-state index is 13.3. The van der Waals surface area contributed by atoms with E-state index in [1.165, 1.54) is 18.4 Å². The maximum Gasteiger partial charge on any atom is 0.430 e. The standard InChI is InChI=1S/C27H27F3N2O3S/c1-5-16-10-17(12-19(11-16)26(2,3)25(33)34)18-13-23(36-15-18)21(14-24(31)27(28,29)30)32-20-8-6-7-9-22(20)35-4/h6-15H,5,31H2,1-4H3,(H,33,34)/b24-14-,32-21?. The smallest absolute Gasteiger partial charge is 0.430 e. The van der Waals surface area contributed by atoms with Crippen LogP contribution >= 0.6 is 11.3 Å². The normalized spacial score (nSPS) is 13.1. The van der Waals surface area contributed by atoms with Gasteiger partial charge in [0.2, 0.25) is 0 Å². The fraction of sp³-hybridized carbons (Fsp3) is 0.259. The van der Waals surface area contributed by atoms with Gasteiger partial charge in [-0.05, 0) is 78.2 Å². The van der Waals surface area contributed by atoms with E-state index in [0.29, 0.717) is 28.3 Å². The fourth-order valence-electron chi connectivity index (χ4n) is 3.41. The van der Waals surface area contributed by atoms with E-state index < -0.39 is 23.3 Å². The van der Waals surface area contributed by atoms with E-state index in [-0.39, 0.29) is 5.71 Å². The lowest BCUT2D eigenvalue weighted by atomic mass is 9.82. The molecular formula is C27H27F3N2O3S. The van der Waals surface area contributed by atoms with Gasteiger partial charge in [-0.1, -0.05) is 31.2 Å². The minimum absolute atomic E-state index is 0.0308. The molecular weight excluding hydrogens is 489 g/mol. The molecule has 0 radical (unpaired) electrons. The van der Waals surface area contributed by atoms with E-state index in [4.69, 9.17) is 10.5 Å². The summed E-state index contributed by atoms with van der Waals surface area (Å²) in [6, 6.07) is 14.1. The molecule has 0 amide bonds. The van der Waals surface area contributed by atoms with E-state index in [1.54, 1.807) is 55.6 Å². The van der Waals surface area contributed by atoms with Gasteiger partial charge in [0.25, 0.3) is 0 Å². The Bertz CT molecular complexity index is 1320. The van der Waals surface area contributed by atoms with Gasteiger partial charge in [0.05, 0.1) is 23.1 Å². The van der Waals surface area contributed by atoms with Crippen molar-refractivity contribution in [3.8, 4) is 16.9 Å². The summed E-state index contributed by atoms with van der Waals surface area (Å²) < 4.78 is 45.1. The molecule has 5 nitrogen and oxygen atoms in total. The summed E-state index contributed by atoms with van der Waals surface area (Å²) in [6.45, 7) is 5.24. The number of carboxylic acids is 1. The first-order valence-corrected chi connectivity index (χ1v) is 12.0. The van der Waals surface area contributed by atoms with Crippen LogP contribution in [0.1, 0.15) is 36.8 Å². The summed E-state index contributed by atoms with van der Waals surface area (Å²) in [6.07, 6.45) is -3.21. The molecule has 0 saturated heterocycles. The molecule has 190 valence electrons. The summed E-state index contributed by atoms with van der Waals surface area (Å²) in [4.78, 5) is 16.7. The van der Waals surface area contributed by atoms with Gasteiger partial charge in [-0.2, -0.15) is 13.2 Å². The minimum Gasteiger partial charge on any atom is -0.494 e. The SMILES string of the molecule is CCc1cc(-c2csc(C(/C=C(\N)C(F)(F)F)=Nc3ccccc3OC)c2)cc(C(C)(C)C(=O)O)c1. The summed E-state index contributed by atoms with van der Waals surface area (Å²) in [7, 11) is 1.45. The number of nitrogens with zero attached hydrogens (tertiary/aromatic N) is 1. The van der Waals surface area contributed by atoms with Crippen molar-refractivity contribution < 1.29 is 27.8 Å². The number of hydrogen-bond donors (Lipinski definition) is 2. The number of para-hydroxylation sites is 2. The van der Waals surface area contributed by atoms with Crippen LogP contribution in [0.15, 0.2) is 70.7 Å². The van der Waals surface area contributed by atoms with Gasteiger partial charge in [0.1, 0.15) is 17.1 Å². The minimum atomic E-state index is -4.71. The number of aliphatic imine (C=N–C) groups is 1. The molecule has 3 N–H and O–H groups in total. The van der Waals surface area contributed by atoms with Crippen molar-refractivity contribution in [2.24, 2.45) is 10.7 Å². The Morgan fingerprint density at radius 1 is 1.14 bits per heavy atom. The third-order valence-electron chi connectivity index (χ3n) is 5.79. The van der Waals surface area contributed by atoms with Crippen molar-refractivity contribution in [3.05, 3.63) is 81.7 Å². The number of aryl methyl sites for hydroxylation is 1. The topological polar surface area (TPSA) is 84.9 Å². The fourth-order valence-corrected chi connectivity index (χ4v) is 4.29. The Morgan fingerprint density at radius 2 is 1.83 bits per heavy atom. The van der Waals surface area contributed by atoms with E-state index in [0.717, 1.165) is 22.8 Å². The molecule has 2 aromatic carbocycles. The van der Waals surface area contributed by atoms with Crippen LogP contribution in [0.5, 0.6) is 5.75 Å². The third kappa shape index (κ3) is 5.96. The van der Waals surface area contributed by atoms with Crippen LogP contribution in [0.2, 0.25) is 0 Å². The number of carboxylic acid groups (broad SMARTS) is 1. The Labute approximate surface area is 211 Å². The quantitative estimate of drug-likeness (QED) is 0.320. The van der Waals surface area contributed by atoms with Crippen molar-refractivity contribution in [1.82, 2.24) is 0 Å². The molecule has 0 spiro atoms. The summed E-state index contributed by atoms with van der Waals surface area (Å²) in [5.74, 6) is -0.548. The number of aliphatic carboxylic acids is 1. The average molecular weight is 517 g/mol. The highest BCUT2D eigenvalue weighted by Gasteiger charge is 2.32. The van der Waals surface area contributed by atoms with Gasteiger partial charge in [-0.3, -0.25) is 4.79 Å². The first-order valence-electron chi connectivity index (χ1n) is 11.1. The number of hydrogen-bond acceptors (Lipinski definition) is 5. The number of carbonyl (C=O) groups is 1. The zero-order valence-electron chi connectivity index (χ0n) is 20.3. The van der Waals surface area contributed by atoms with Crippen LogP contribution in [0.4, 0.5) is 18.9 Å². The second-order valence-electron chi connectivity index (χ2n) is 8.67. The van der Waals surface area contributed by atoms with E-state index in [2.05, 4.69) is 4.99 Å². The summed E-state index contributed by atoms with van der Waals surface area (Å²) >= 11 is 1.22. The molecule has 0 atom stereocenters. The molecule has 9 heteroatoms. The molecule has 0 fully saturated rings. The number of thiophene rings is 1. The lowest BCUT2D eigenvalue weighted by Gasteiger charge is -2.21. The molecule has 0 aliphatic carbocycles. The predicted molar refractivity (Wildman–Crippen MR) is 137 cm³/mol. The number of nitrogens with two attached hydrogens (primary N) is 1. The number of allylic oxidation sites excluding steroid dienone is 2. The predicted octanol–water partition coefficient (Wildman–Crippen LogP) is 6.87. The molecule has 1 heterocycles. The Balaban J connectivity index is 2.16. The van der Waals surface area contributed by atoms with E-state index >= 15 is 0 Å². The second-order valence-corrected chi connectivity index (χ2v) is 9.58.